The minimum atomic E-state index is -0.284. The topological polar surface area (TPSA) is 32.6 Å². The summed E-state index contributed by atoms with van der Waals surface area (Å²) >= 11 is 0. The lowest BCUT2D eigenvalue weighted by Crippen LogP contribution is -2.22. The molecule has 2 heteroatoms. The van der Waals surface area contributed by atoms with Gasteiger partial charge in [-0.25, -0.2) is 0 Å². The van der Waals surface area contributed by atoms with Crippen molar-refractivity contribution in [3.63, 3.8) is 0 Å². The van der Waals surface area contributed by atoms with Gasteiger partial charge in [0.1, 0.15) is 5.75 Å². The lowest BCUT2D eigenvalue weighted by Gasteiger charge is -2.27. The largest absolute Gasteiger partial charge is 0.508 e. The summed E-state index contributed by atoms with van der Waals surface area (Å²) < 4.78 is 0. The van der Waals surface area contributed by atoms with E-state index in [0.29, 0.717) is 0 Å². The maximum absolute atomic E-state index is 9.55. The van der Waals surface area contributed by atoms with Crippen molar-refractivity contribution in [1.29, 1.82) is 0 Å². The fraction of sp³-hybridized carbons (Fsp3) is 0.0714. The first-order valence-corrected chi connectivity index (χ1v) is 5.23. The molecule has 78 valence electrons. The first-order valence-electron chi connectivity index (χ1n) is 5.23. The summed E-state index contributed by atoms with van der Waals surface area (Å²) in [7, 11) is 0. The van der Waals surface area contributed by atoms with Gasteiger partial charge in [0.25, 0.3) is 0 Å². The zero-order chi connectivity index (χ0) is 11.0. The molecule has 0 saturated carbocycles. The third-order valence-electron chi connectivity index (χ3n) is 3.02. The Labute approximate surface area is 94.0 Å². The molecule has 1 N–H and O–H groups in total. The number of hydrogen-bond acceptors (Lipinski definition) is 2. The van der Waals surface area contributed by atoms with Gasteiger partial charge in [-0.15, -0.1) is 0 Å². The van der Waals surface area contributed by atoms with Gasteiger partial charge in [0, 0.05) is 6.21 Å². The van der Waals surface area contributed by atoms with E-state index in [4.69, 9.17) is 0 Å². The van der Waals surface area contributed by atoms with Crippen LogP contribution in [-0.2, 0) is 5.41 Å². The number of fused-ring (bicyclic) bond motifs is 1. The molecule has 1 aliphatic carbocycles. The van der Waals surface area contributed by atoms with E-state index >= 15 is 0 Å². The van der Waals surface area contributed by atoms with E-state index in [1.54, 1.807) is 18.3 Å². The third kappa shape index (κ3) is 1.16. The molecule has 0 radical (unpaired) electrons. The van der Waals surface area contributed by atoms with Crippen LogP contribution in [0.25, 0.3) is 0 Å². The van der Waals surface area contributed by atoms with E-state index in [2.05, 4.69) is 17.1 Å². The zero-order valence-electron chi connectivity index (χ0n) is 8.67. The summed E-state index contributed by atoms with van der Waals surface area (Å²) in [6.07, 6.45) is 11.9. The highest BCUT2D eigenvalue weighted by molar-refractivity contribution is 5.77. The molecule has 1 aromatic rings. The first-order chi connectivity index (χ1) is 7.81. The Hall–Kier alpha value is -2.09. The van der Waals surface area contributed by atoms with E-state index < -0.39 is 0 Å². The van der Waals surface area contributed by atoms with Crippen LogP contribution in [0, 0.1) is 0 Å². The van der Waals surface area contributed by atoms with E-state index in [1.807, 2.05) is 30.4 Å². The highest BCUT2D eigenvalue weighted by Gasteiger charge is 2.34. The Morgan fingerprint density at radius 2 is 2.00 bits per heavy atom. The monoisotopic (exact) mass is 209 g/mol. The summed E-state index contributed by atoms with van der Waals surface area (Å²) in [4.78, 5) is 4.37. The van der Waals surface area contributed by atoms with E-state index in [1.165, 1.54) is 0 Å². The second kappa shape index (κ2) is 3.20. The average molecular weight is 209 g/mol. The number of phenolic OH excluding ortho intramolecular Hbond substituents is 1. The van der Waals surface area contributed by atoms with Gasteiger partial charge in [-0.2, -0.15) is 0 Å². The standard InChI is InChI=1S/C14H11NO/c16-12-5-1-4-11(10-12)14-7-2-6-13(14)15-9-3-8-14/h1-10,16H. The number of aromatic hydroxyl groups is 1. The van der Waals surface area contributed by atoms with Crippen LogP contribution in [-0.4, -0.2) is 11.3 Å². The van der Waals surface area contributed by atoms with E-state index in [9.17, 15) is 5.11 Å². The highest BCUT2D eigenvalue weighted by Crippen LogP contribution is 2.41. The van der Waals surface area contributed by atoms with Gasteiger partial charge in [-0.05, 0) is 29.8 Å². The van der Waals surface area contributed by atoms with Gasteiger partial charge >= 0.3 is 0 Å². The van der Waals surface area contributed by atoms with Crippen LogP contribution in [0.3, 0.4) is 0 Å². The molecule has 1 aliphatic heterocycles. The third-order valence-corrected chi connectivity index (χ3v) is 3.02. The van der Waals surface area contributed by atoms with Crippen LogP contribution < -0.4 is 0 Å². The maximum Gasteiger partial charge on any atom is 0.115 e. The van der Waals surface area contributed by atoms with E-state index in [-0.39, 0.29) is 11.2 Å². The quantitative estimate of drug-likeness (QED) is 0.757. The van der Waals surface area contributed by atoms with Crippen LogP contribution in [0.1, 0.15) is 5.56 Å². The summed E-state index contributed by atoms with van der Waals surface area (Å²) in [5.74, 6) is 0.287. The average Bonchev–Trinajstić information content (AvgIpc) is 2.73. The van der Waals surface area contributed by atoms with Crippen molar-refractivity contribution in [1.82, 2.24) is 0 Å². The van der Waals surface area contributed by atoms with Gasteiger partial charge in [0.2, 0.25) is 0 Å². The van der Waals surface area contributed by atoms with Gasteiger partial charge in [0.05, 0.1) is 11.1 Å². The van der Waals surface area contributed by atoms with Crippen molar-refractivity contribution in [3.8, 4) is 5.75 Å². The zero-order valence-corrected chi connectivity index (χ0v) is 8.67. The lowest BCUT2D eigenvalue weighted by atomic mass is 9.78. The second-order valence-electron chi connectivity index (χ2n) is 3.97. The Morgan fingerprint density at radius 1 is 1.12 bits per heavy atom. The molecule has 0 aromatic heterocycles. The molecule has 0 saturated heterocycles. The summed E-state index contributed by atoms with van der Waals surface area (Å²) in [6.45, 7) is 0. The predicted octanol–water partition coefficient (Wildman–Crippen LogP) is 2.72. The van der Waals surface area contributed by atoms with Crippen molar-refractivity contribution in [3.05, 3.63) is 65.9 Å². The number of nitrogens with zero attached hydrogens (tertiary/aromatic N) is 1. The molecule has 0 spiro atoms. The smallest absolute Gasteiger partial charge is 0.115 e. The molecule has 0 fully saturated rings. The second-order valence-corrected chi connectivity index (χ2v) is 3.97. The Kier molecular flexibility index (Phi) is 1.83. The maximum atomic E-state index is 9.55. The van der Waals surface area contributed by atoms with Crippen molar-refractivity contribution in [2.24, 2.45) is 4.99 Å². The molecule has 0 bridgehead atoms. The Balaban J connectivity index is 2.19. The molecule has 1 heterocycles. The molecule has 0 amide bonds. The summed E-state index contributed by atoms with van der Waals surface area (Å²) in [6, 6.07) is 7.33. The summed E-state index contributed by atoms with van der Waals surface area (Å²) in [5.41, 5.74) is 1.76. The number of allylic oxidation sites excluding steroid dienone is 4. The van der Waals surface area contributed by atoms with E-state index in [0.717, 1.165) is 11.3 Å². The van der Waals surface area contributed by atoms with Crippen molar-refractivity contribution < 1.29 is 5.11 Å². The van der Waals surface area contributed by atoms with Crippen LogP contribution in [0.5, 0.6) is 5.75 Å². The van der Waals surface area contributed by atoms with Crippen LogP contribution >= 0.6 is 0 Å². The predicted molar refractivity (Wildman–Crippen MR) is 64.6 cm³/mol. The van der Waals surface area contributed by atoms with Crippen molar-refractivity contribution in [2.75, 3.05) is 0 Å². The first kappa shape index (κ1) is 9.16. The molecular formula is C14H11NO. The molecule has 1 unspecified atom stereocenters. The molecule has 2 aliphatic rings. The molecule has 16 heavy (non-hydrogen) atoms. The van der Waals surface area contributed by atoms with Crippen LogP contribution in [0.4, 0.5) is 0 Å². The summed E-state index contributed by atoms with van der Waals surface area (Å²) in [5, 5.41) is 9.55. The van der Waals surface area contributed by atoms with Crippen LogP contribution in [0.2, 0.25) is 0 Å². The van der Waals surface area contributed by atoms with Gasteiger partial charge < -0.3 is 5.11 Å². The van der Waals surface area contributed by atoms with Crippen LogP contribution in [0.15, 0.2) is 65.3 Å². The molecule has 2 nitrogen and oxygen atoms in total. The SMILES string of the molecule is Oc1cccc(C23C=CC=NC2=CC=C3)c1. The number of rotatable bonds is 1. The molecule has 3 rings (SSSR count). The molecule has 1 atom stereocenters. The minimum Gasteiger partial charge on any atom is -0.508 e. The van der Waals surface area contributed by atoms with Gasteiger partial charge in [-0.1, -0.05) is 30.4 Å². The number of benzene rings is 1. The van der Waals surface area contributed by atoms with Crippen molar-refractivity contribution in [2.45, 2.75) is 5.41 Å². The fourth-order valence-corrected chi connectivity index (χ4v) is 2.23. The normalized spacial score (nSPS) is 25.6. The van der Waals surface area contributed by atoms with Gasteiger partial charge in [0.15, 0.2) is 0 Å². The number of dihydropyridines is 1. The number of phenols is 1. The minimum absolute atomic E-state index is 0.284. The molecule has 1 aromatic carbocycles. The number of hydrogen-bond donors (Lipinski definition) is 1. The van der Waals surface area contributed by atoms with Crippen molar-refractivity contribution >= 4 is 6.21 Å². The highest BCUT2D eigenvalue weighted by atomic mass is 16.3. The Morgan fingerprint density at radius 3 is 2.88 bits per heavy atom. The number of aliphatic imine (C=N–C) groups is 1. The fourth-order valence-electron chi connectivity index (χ4n) is 2.23. The Bertz CT molecular complexity index is 552. The molecular weight excluding hydrogens is 198 g/mol. The van der Waals surface area contributed by atoms with Gasteiger partial charge in [-0.3, -0.25) is 4.99 Å². The lowest BCUT2D eigenvalue weighted by molar-refractivity contribution is 0.474.